The van der Waals surface area contributed by atoms with Crippen LogP contribution in [0, 0.1) is 12.3 Å². The molecule has 1 unspecified atom stereocenters. The zero-order valence-electron chi connectivity index (χ0n) is 16.8. The van der Waals surface area contributed by atoms with Gasteiger partial charge in [0.2, 0.25) is 6.29 Å². The lowest BCUT2D eigenvalue weighted by atomic mass is 10.0. The second-order valence-electron chi connectivity index (χ2n) is 7.92. The number of nitrogens with zero attached hydrogens (tertiary/aromatic N) is 2. The number of carbonyl (C=O) groups is 1. The first-order valence-electron chi connectivity index (χ1n) is 9.07. The number of thiazole rings is 1. The molecule has 0 saturated carbocycles. The Balaban J connectivity index is 1.95. The molecular weight excluding hydrogens is 362 g/mol. The van der Waals surface area contributed by atoms with E-state index in [1.807, 2.05) is 13.8 Å². The van der Waals surface area contributed by atoms with Gasteiger partial charge in [-0.3, -0.25) is 4.79 Å². The highest BCUT2D eigenvalue weighted by atomic mass is 32.1. The molecular formula is C20H29N3O3S. The number of carbonyl (C=O) groups excluding carboxylic acids is 1. The van der Waals surface area contributed by atoms with Gasteiger partial charge in [-0.25, -0.2) is 4.98 Å². The van der Waals surface area contributed by atoms with Crippen molar-refractivity contribution in [3.8, 4) is 17.5 Å². The van der Waals surface area contributed by atoms with Crippen LogP contribution in [-0.4, -0.2) is 39.9 Å². The fourth-order valence-corrected chi connectivity index (χ4v) is 4.01. The van der Waals surface area contributed by atoms with Crippen molar-refractivity contribution in [3.05, 3.63) is 23.3 Å². The summed E-state index contributed by atoms with van der Waals surface area (Å²) < 4.78 is 11.9. The molecule has 1 saturated heterocycles. The number of ether oxygens (including phenoxy) is 2. The van der Waals surface area contributed by atoms with Gasteiger partial charge in [-0.15, -0.1) is 12.3 Å². The Morgan fingerprint density at radius 2 is 2.22 bits per heavy atom. The molecule has 0 bridgehead atoms. The smallest absolute Gasteiger partial charge is 0.276 e. The molecule has 0 spiro atoms. The van der Waals surface area contributed by atoms with E-state index < -0.39 is 12.0 Å². The Labute approximate surface area is 165 Å². The van der Waals surface area contributed by atoms with Crippen LogP contribution in [0.3, 0.4) is 0 Å². The van der Waals surface area contributed by atoms with Gasteiger partial charge < -0.3 is 19.7 Å². The maximum Gasteiger partial charge on any atom is 0.276 e. The van der Waals surface area contributed by atoms with Gasteiger partial charge in [0.1, 0.15) is 10.6 Å². The topological polar surface area (TPSA) is 63.7 Å². The van der Waals surface area contributed by atoms with E-state index in [9.17, 15) is 4.79 Å². The number of hydrogen-bond donors (Lipinski definition) is 1. The monoisotopic (exact) mass is 391 g/mol. The Morgan fingerprint density at radius 3 is 2.81 bits per heavy atom. The van der Waals surface area contributed by atoms with E-state index >= 15 is 0 Å². The van der Waals surface area contributed by atoms with Crippen LogP contribution >= 0.6 is 11.3 Å². The summed E-state index contributed by atoms with van der Waals surface area (Å²) in [6.45, 7) is 15.0. The van der Waals surface area contributed by atoms with Crippen molar-refractivity contribution in [3.63, 3.8) is 0 Å². The largest absolute Gasteiger partial charge is 0.434 e. The fourth-order valence-electron chi connectivity index (χ4n) is 3.31. The average Bonchev–Trinajstić information content (AvgIpc) is 3.09. The molecule has 0 aromatic carbocycles. The summed E-state index contributed by atoms with van der Waals surface area (Å²) in [5.74, 6) is 2.43. The van der Waals surface area contributed by atoms with Crippen molar-refractivity contribution in [2.75, 3.05) is 6.54 Å². The van der Waals surface area contributed by atoms with Crippen molar-refractivity contribution < 1.29 is 14.3 Å². The van der Waals surface area contributed by atoms with Gasteiger partial charge in [0.05, 0.1) is 11.9 Å². The molecule has 0 aliphatic carbocycles. The quantitative estimate of drug-likeness (QED) is 0.566. The second kappa shape index (κ2) is 8.32. The van der Waals surface area contributed by atoms with Crippen LogP contribution in [-0.2, 0) is 4.74 Å². The van der Waals surface area contributed by atoms with Crippen LogP contribution in [0.4, 0.5) is 0 Å². The van der Waals surface area contributed by atoms with E-state index in [0.717, 1.165) is 25.0 Å². The van der Waals surface area contributed by atoms with E-state index in [4.69, 9.17) is 15.9 Å². The Hall–Kier alpha value is -2.04. The number of aromatic nitrogens is 1. The highest BCUT2D eigenvalue weighted by molar-refractivity contribution is 7.15. The maximum atomic E-state index is 12.2. The van der Waals surface area contributed by atoms with Crippen LogP contribution in [0.25, 0.3) is 0 Å². The highest BCUT2D eigenvalue weighted by Gasteiger charge is 2.48. The highest BCUT2D eigenvalue weighted by Crippen LogP contribution is 2.40. The normalized spacial score (nSPS) is 19.0. The van der Waals surface area contributed by atoms with Crippen LogP contribution in [0.15, 0.2) is 18.5 Å². The van der Waals surface area contributed by atoms with E-state index in [2.05, 4.69) is 48.5 Å². The number of nitrogens with one attached hydrogen (secondary N) is 1. The van der Waals surface area contributed by atoms with Crippen molar-refractivity contribution in [1.82, 2.24) is 15.2 Å². The van der Waals surface area contributed by atoms with E-state index in [-0.39, 0.29) is 11.4 Å². The van der Waals surface area contributed by atoms with Crippen LogP contribution < -0.4 is 10.1 Å². The molecule has 148 valence electrons. The van der Waals surface area contributed by atoms with Crippen molar-refractivity contribution in [2.45, 2.75) is 71.4 Å². The van der Waals surface area contributed by atoms with Gasteiger partial charge in [0, 0.05) is 18.5 Å². The minimum Gasteiger partial charge on any atom is -0.434 e. The molecule has 1 amide bonds. The van der Waals surface area contributed by atoms with E-state index in [1.165, 1.54) is 17.5 Å². The summed E-state index contributed by atoms with van der Waals surface area (Å²) >= 11 is 1.19. The predicted molar refractivity (Wildman–Crippen MR) is 107 cm³/mol. The van der Waals surface area contributed by atoms with E-state index in [0.29, 0.717) is 16.6 Å². The van der Waals surface area contributed by atoms with Crippen molar-refractivity contribution >= 4 is 17.2 Å². The third-order valence-corrected chi connectivity index (χ3v) is 5.00. The number of amides is 1. The second-order valence-corrected chi connectivity index (χ2v) is 8.91. The molecule has 1 aromatic rings. The number of hydrogen-bond acceptors (Lipinski definition) is 6. The standard InChI is InChI=1S/C20H29N3O3S/c1-8-9-10-11-12-21-16(24)15-13-22-18(27-15)25-17-14(2)23(19(3,4)5)20(6,7)26-17/h1,13,17H,2,9-12H2,3-7H3,(H,21,24). The number of terminal acetylenes is 1. The molecule has 2 rings (SSSR count). The van der Waals surface area contributed by atoms with Gasteiger partial charge in [0.15, 0.2) is 0 Å². The Kier molecular flexibility index (Phi) is 6.55. The summed E-state index contributed by atoms with van der Waals surface area (Å²) in [6, 6.07) is 0. The summed E-state index contributed by atoms with van der Waals surface area (Å²) in [6.07, 6.45) is 8.57. The molecule has 1 aromatic heterocycles. The molecule has 6 nitrogen and oxygen atoms in total. The lowest BCUT2D eigenvalue weighted by Gasteiger charge is -2.42. The maximum absolute atomic E-state index is 12.2. The lowest BCUT2D eigenvalue weighted by molar-refractivity contribution is -0.143. The van der Waals surface area contributed by atoms with E-state index in [1.54, 1.807) is 0 Å². The molecule has 1 aliphatic rings. The average molecular weight is 392 g/mol. The summed E-state index contributed by atoms with van der Waals surface area (Å²) in [4.78, 5) is 19.0. The van der Waals surface area contributed by atoms with Crippen LogP contribution in [0.1, 0.15) is 63.6 Å². The molecule has 2 heterocycles. The lowest BCUT2D eigenvalue weighted by Crippen LogP contribution is -2.49. The first-order valence-corrected chi connectivity index (χ1v) is 9.89. The van der Waals surface area contributed by atoms with Crippen LogP contribution in [0.2, 0.25) is 0 Å². The van der Waals surface area contributed by atoms with Crippen molar-refractivity contribution in [2.24, 2.45) is 0 Å². The van der Waals surface area contributed by atoms with Gasteiger partial charge >= 0.3 is 0 Å². The minimum absolute atomic E-state index is 0.161. The molecule has 1 atom stereocenters. The minimum atomic E-state index is -0.634. The summed E-state index contributed by atoms with van der Waals surface area (Å²) in [5.41, 5.74) is 0.0317. The SMILES string of the molecule is C#CCCCCNC(=O)c1cnc(OC2OC(C)(C)N(C(C)(C)C)C2=C)s1. The number of unbranched alkanes of at least 4 members (excludes halogenated alkanes) is 2. The third kappa shape index (κ3) is 5.24. The number of rotatable bonds is 7. The summed E-state index contributed by atoms with van der Waals surface area (Å²) in [5, 5.41) is 3.24. The van der Waals surface area contributed by atoms with Gasteiger partial charge in [-0.1, -0.05) is 17.9 Å². The zero-order valence-corrected chi connectivity index (χ0v) is 17.6. The van der Waals surface area contributed by atoms with Gasteiger partial charge in [-0.2, -0.15) is 0 Å². The first kappa shape index (κ1) is 21.3. The van der Waals surface area contributed by atoms with Crippen LogP contribution in [0.5, 0.6) is 5.19 Å². The van der Waals surface area contributed by atoms with Gasteiger partial charge in [-0.05, 0) is 47.5 Å². The van der Waals surface area contributed by atoms with Gasteiger partial charge in [0.25, 0.3) is 11.1 Å². The van der Waals surface area contributed by atoms with Crippen molar-refractivity contribution in [1.29, 1.82) is 0 Å². The Morgan fingerprint density at radius 1 is 1.52 bits per heavy atom. The fraction of sp³-hybridized carbons (Fsp3) is 0.600. The Bertz CT molecular complexity index is 728. The predicted octanol–water partition coefficient (Wildman–Crippen LogP) is 3.76. The molecule has 1 N–H and O–H groups in total. The third-order valence-electron chi connectivity index (χ3n) is 4.11. The molecule has 1 aliphatic heterocycles. The molecule has 0 radical (unpaired) electrons. The molecule has 27 heavy (non-hydrogen) atoms. The zero-order chi connectivity index (χ0) is 20.2. The molecule has 1 fully saturated rings. The molecule has 7 heteroatoms. The summed E-state index contributed by atoms with van der Waals surface area (Å²) in [7, 11) is 0. The first-order chi connectivity index (χ1) is 12.6.